The van der Waals surface area contributed by atoms with Gasteiger partial charge in [-0.3, -0.25) is 14.3 Å². The van der Waals surface area contributed by atoms with E-state index in [1.807, 2.05) is 0 Å². The molecule has 0 saturated heterocycles. The summed E-state index contributed by atoms with van der Waals surface area (Å²) in [7, 11) is 1.65. The lowest BCUT2D eigenvalue weighted by Gasteiger charge is -2.14. The first-order valence-electron chi connectivity index (χ1n) is 5.43. The van der Waals surface area contributed by atoms with Crippen molar-refractivity contribution < 1.29 is 19.1 Å². The molecule has 0 aliphatic carbocycles. The van der Waals surface area contributed by atoms with E-state index in [1.54, 1.807) is 27.0 Å². The van der Waals surface area contributed by atoms with E-state index in [0.717, 1.165) is 0 Å². The van der Waals surface area contributed by atoms with E-state index in [0.29, 0.717) is 5.69 Å². The molecule has 0 radical (unpaired) electrons. The summed E-state index contributed by atoms with van der Waals surface area (Å²) in [4.78, 5) is 23.5. The van der Waals surface area contributed by atoms with Crippen molar-refractivity contribution in [3.63, 3.8) is 0 Å². The van der Waals surface area contributed by atoms with Gasteiger partial charge >= 0.3 is 11.9 Å². The molecule has 0 unspecified atom stereocenters. The summed E-state index contributed by atoms with van der Waals surface area (Å²) in [6, 6.07) is 1.60. The van der Waals surface area contributed by atoms with Gasteiger partial charge in [-0.2, -0.15) is 5.10 Å². The Bertz CT molecular complexity index is 382. The molecule has 0 spiro atoms. The van der Waals surface area contributed by atoms with Crippen molar-refractivity contribution in [1.29, 1.82) is 0 Å². The number of aromatic nitrogens is 2. The van der Waals surface area contributed by atoms with Crippen molar-refractivity contribution in [3.05, 3.63) is 18.0 Å². The predicted octanol–water partition coefficient (Wildman–Crippen LogP) is 0.630. The molecule has 6 nitrogen and oxygen atoms in total. The highest BCUT2D eigenvalue weighted by Crippen LogP contribution is 2.18. The zero-order valence-electron chi connectivity index (χ0n) is 10.2. The van der Waals surface area contributed by atoms with Crippen LogP contribution >= 0.6 is 0 Å². The van der Waals surface area contributed by atoms with Gasteiger partial charge in [-0.05, 0) is 19.9 Å². The molecule has 6 heteroatoms. The second-order valence-corrected chi connectivity index (χ2v) is 3.32. The predicted molar refractivity (Wildman–Crippen MR) is 59.2 cm³/mol. The average molecular weight is 240 g/mol. The van der Waals surface area contributed by atoms with Crippen LogP contribution in [0, 0.1) is 0 Å². The topological polar surface area (TPSA) is 70.4 Å². The number of esters is 2. The molecule has 17 heavy (non-hydrogen) atoms. The van der Waals surface area contributed by atoms with Gasteiger partial charge in [0.2, 0.25) is 0 Å². The van der Waals surface area contributed by atoms with Crippen molar-refractivity contribution in [2.75, 3.05) is 13.2 Å². The lowest BCUT2D eigenvalue weighted by molar-refractivity contribution is -0.157. The normalized spacial score (nSPS) is 10.4. The van der Waals surface area contributed by atoms with E-state index in [4.69, 9.17) is 9.47 Å². The Morgan fingerprint density at radius 1 is 1.29 bits per heavy atom. The van der Waals surface area contributed by atoms with Crippen LogP contribution in [0.15, 0.2) is 12.3 Å². The maximum Gasteiger partial charge on any atom is 0.326 e. The Kier molecular flexibility index (Phi) is 4.68. The summed E-state index contributed by atoms with van der Waals surface area (Å²) in [6.07, 6.45) is 1.51. The van der Waals surface area contributed by atoms with Gasteiger partial charge in [-0.25, -0.2) is 0 Å². The Labute approximate surface area is 99.5 Å². The highest BCUT2D eigenvalue weighted by atomic mass is 16.6. The molecule has 0 saturated carbocycles. The van der Waals surface area contributed by atoms with E-state index in [-0.39, 0.29) is 13.2 Å². The van der Waals surface area contributed by atoms with Crippen LogP contribution in [0.25, 0.3) is 0 Å². The van der Waals surface area contributed by atoms with Crippen LogP contribution < -0.4 is 0 Å². The first-order chi connectivity index (χ1) is 8.11. The van der Waals surface area contributed by atoms with E-state index < -0.39 is 17.9 Å². The summed E-state index contributed by atoms with van der Waals surface area (Å²) in [5.41, 5.74) is 0.460. The lowest BCUT2D eigenvalue weighted by atomic mass is 10.1. The van der Waals surface area contributed by atoms with E-state index >= 15 is 0 Å². The van der Waals surface area contributed by atoms with Crippen LogP contribution in [0.5, 0.6) is 0 Å². The molecular formula is C11H16N2O4. The van der Waals surface area contributed by atoms with Crippen molar-refractivity contribution in [2.45, 2.75) is 19.8 Å². The number of ether oxygens (including phenoxy) is 2. The first-order valence-corrected chi connectivity index (χ1v) is 5.43. The monoisotopic (exact) mass is 240 g/mol. The number of aryl methyl sites for hydroxylation is 1. The Morgan fingerprint density at radius 3 is 2.18 bits per heavy atom. The third-order valence-electron chi connectivity index (χ3n) is 2.20. The van der Waals surface area contributed by atoms with Crippen molar-refractivity contribution in [3.8, 4) is 0 Å². The van der Waals surface area contributed by atoms with Crippen LogP contribution in [0.4, 0.5) is 0 Å². The first kappa shape index (κ1) is 13.2. The second-order valence-electron chi connectivity index (χ2n) is 3.32. The third kappa shape index (κ3) is 3.05. The van der Waals surface area contributed by atoms with Gasteiger partial charge in [0.25, 0.3) is 0 Å². The van der Waals surface area contributed by atoms with Crippen LogP contribution in [-0.2, 0) is 26.1 Å². The number of rotatable bonds is 5. The quantitative estimate of drug-likeness (QED) is 0.557. The summed E-state index contributed by atoms with van der Waals surface area (Å²) < 4.78 is 11.2. The van der Waals surface area contributed by atoms with Crippen LogP contribution in [0.3, 0.4) is 0 Å². The molecule has 0 fully saturated rings. The molecule has 1 aromatic rings. The average Bonchev–Trinajstić information content (AvgIpc) is 2.66. The summed E-state index contributed by atoms with van der Waals surface area (Å²) in [5.74, 6) is -2.30. The fourth-order valence-electron chi connectivity index (χ4n) is 1.46. The largest absolute Gasteiger partial charge is 0.465 e. The molecule has 0 aromatic carbocycles. The Hall–Kier alpha value is -1.85. The van der Waals surface area contributed by atoms with Gasteiger partial charge in [0, 0.05) is 13.2 Å². The van der Waals surface area contributed by atoms with Gasteiger partial charge in [0.15, 0.2) is 5.92 Å². The Morgan fingerprint density at radius 2 is 1.82 bits per heavy atom. The molecule has 0 atom stereocenters. The molecule has 1 heterocycles. The molecule has 0 amide bonds. The zero-order valence-corrected chi connectivity index (χ0v) is 10.2. The molecule has 0 bridgehead atoms. The van der Waals surface area contributed by atoms with E-state index in [2.05, 4.69) is 5.10 Å². The molecule has 1 aromatic heterocycles. The van der Waals surface area contributed by atoms with Gasteiger partial charge in [-0.15, -0.1) is 0 Å². The standard InChI is InChI=1S/C11H16N2O4/c1-4-16-10(14)9(11(15)17-5-2)8-6-7-12-13(8)3/h6-7,9H,4-5H2,1-3H3. The molecule has 0 aliphatic rings. The second kappa shape index (κ2) is 6.03. The summed E-state index contributed by atoms with van der Waals surface area (Å²) in [5, 5.41) is 3.92. The van der Waals surface area contributed by atoms with Crippen molar-refractivity contribution in [2.24, 2.45) is 7.05 Å². The van der Waals surface area contributed by atoms with Gasteiger partial charge in [0.05, 0.1) is 18.9 Å². The smallest absolute Gasteiger partial charge is 0.326 e. The highest BCUT2D eigenvalue weighted by Gasteiger charge is 2.33. The molecule has 0 aliphatic heterocycles. The minimum Gasteiger partial charge on any atom is -0.465 e. The molecule has 0 N–H and O–H groups in total. The summed E-state index contributed by atoms with van der Waals surface area (Å²) >= 11 is 0. The lowest BCUT2D eigenvalue weighted by Crippen LogP contribution is -2.28. The van der Waals surface area contributed by atoms with Gasteiger partial charge in [-0.1, -0.05) is 0 Å². The van der Waals surface area contributed by atoms with E-state index in [9.17, 15) is 9.59 Å². The fourth-order valence-corrected chi connectivity index (χ4v) is 1.46. The maximum atomic E-state index is 11.7. The fraction of sp³-hybridized carbons (Fsp3) is 0.545. The number of hydrogen-bond acceptors (Lipinski definition) is 5. The maximum absolute atomic E-state index is 11.7. The molecular weight excluding hydrogens is 224 g/mol. The van der Waals surface area contributed by atoms with Gasteiger partial charge < -0.3 is 9.47 Å². The van der Waals surface area contributed by atoms with E-state index in [1.165, 1.54) is 10.9 Å². The number of hydrogen-bond donors (Lipinski definition) is 0. The summed E-state index contributed by atoms with van der Waals surface area (Å²) in [6.45, 7) is 3.80. The van der Waals surface area contributed by atoms with Crippen molar-refractivity contribution in [1.82, 2.24) is 9.78 Å². The SMILES string of the molecule is CCOC(=O)C(C(=O)OCC)c1ccnn1C. The zero-order chi connectivity index (χ0) is 12.8. The van der Waals surface area contributed by atoms with Crippen LogP contribution in [0.1, 0.15) is 25.5 Å². The molecule has 1 rings (SSSR count). The number of carbonyl (C=O) groups is 2. The Balaban J connectivity index is 2.98. The van der Waals surface area contributed by atoms with Gasteiger partial charge in [0.1, 0.15) is 0 Å². The highest BCUT2D eigenvalue weighted by molar-refractivity contribution is 6.00. The van der Waals surface area contributed by atoms with Crippen LogP contribution in [-0.4, -0.2) is 34.9 Å². The number of nitrogens with zero attached hydrogens (tertiary/aromatic N) is 2. The van der Waals surface area contributed by atoms with Crippen molar-refractivity contribution >= 4 is 11.9 Å². The third-order valence-corrected chi connectivity index (χ3v) is 2.20. The minimum absolute atomic E-state index is 0.215. The molecule has 94 valence electrons. The number of carbonyl (C=O) groups excluding carboxylic acids is 2. The van der Waals surface area contributed by atoms with Crippen LogP contribution in [0.2, 0.25) is 0 Å². The minimum atomic E-state index is -1.07.